The Morgan fingerprint density at radius 1 is 1.03 bits per heavy atom. The highest BCUT2D eigenvalue weighted by atomic mass is 35.5. The minimum atomic E-state index is -4.66. The lowest BCUT2D eigenvalue weighted by molar-refractivity contribution is -0.764. The Morgan fingerprint density at radius 2 is 1.81 bits per heavy atom. The third kappa shape index (κ3) is 5.05. The number of urea groups is 1. The zero-order chi connectivity index (χ0) is 26.2. The second-order valence-electron chi connectivity index (χ2n) is 7.98. The summed E-state index contributed by atoms with van der Waals surface area (Å²) in [6, 6.07) is 14.2. The number of carbonyl (C=O) groups excluding carboxylic acids is 1. The predicted molar refractivity (Wildman–Crippen MR) is 134 cm³/mol. The van der Waals surface area contributed by atoms with Crippen LogP contribution in [0.15, 0.2) is 71.9 Å². The lowest BCUT2D eigenvalue weighted by atomic mass is 10.1. The number of nitrogens with zero attached hydrogens (tertiary/aromatic N) is 2. The van der Waals surface area contributed by atoms with Crippen molar-refractivity contribution in [3.8, 4) is 11.5 Å². The van der Waals surface area contributed by atoms with Crippen molar-refractivity contribution in [2.24, 2.45) is 4.99 Å². The van der Waals surface area contributed by atoms with E-state index in [9.17, 15) is 23.2 Å². The number of ether oxygens (including phenoxy) is 1. The van der Waals surface area contributed by atoms with Crippen molar-refractivity contribution in [2.45, 2.75) is 6.18 Å². The van der Waals surface area contributed by atoms with Gasteiger partial charge >= 0.3 is 12.2 Å². The summed E-state index contributed by atoms with van der Waals surface area (Å²) in [6.45, 7) is 0.145. The molecule has 0 spiro atoms. The quantitative estimate of drug-likeness (QED) is 0.280. The van der Waals surface area contributed by atoms with Gasteiger partial charge in [-0.05, 0) is 30.3 Å². The number of fused-ring (bicyclic) bond motifs is 2. The summed E-state index contributed by atoms with van der Waals surface area (Å²) in [6.07, 6.45) is -1.67. The lowest BCUT2D eigenvalue weighted by Crippen LogP contribution is -3.02. The van der Waals surface area contributed by atoms with E-state index in [4.69, 9.17) is 16.3 Å². The molecule has 1 aromatic heterocycles. The average Bonchev–Trinajstić information content (AvgIpc) is 2.86. The van der Waals surface area contributed by atoms with E-state index in [2.05, 4.69) is 20.6 Å². The van der Waals surface area contributed by atoms with E-state index < -0.39 is 22.8 Å². The van der Waals surface area contributed by atoms with Gasteiger partial charge in [-0.2, -0.15) is 13.2 Å². The highest BCUT2D eigenvalue weighted by Crippen LogP contribution is 2.39. The Kier molecular flexibility index (Phi) is 6.42. The van der Waals surface area contributed by atoms with Crippen LogP contribution in [-0.4, -0.2) is 23.8 Å². The maximum atomic E-state index is 13.1. The summed E-state index contributed by atoms with van der Waals surface area (Å²) in [5, 5.41) is 18.1. The molecule has 0 fully saturated rings. The van der Waals surface area contributed by atoms with Crippen LogP contribution in [0.3, 0.4) is 0 Å². The molecule has 8 nitrogen and oxygen atoms in total. The molecule has 12 heteroatoms. The molecule has 0 aliphatic carbocycles. The first-order valence-corrected chi connectivity index (χ1v) is 11.3. The molecule has 2 heterocycles. The number of hydrogen-bond acceptors (Lipinski definition) is 5. The molecule has 37 heavy (non-hydrogen) atoms. The summed E-state index contributed by atoms with van der Waals surface area (Å²) in [5.74, 6) is 1.01. The number of carbonyl (C=O) groups is 1. The van der Waals surface area contributed by atoms with Gasteiger partial charge in [-0.1, -0.05) is 35.9 Å². The molecule has 1 atom stereocenters. The number of benzene rings is 3. The van der Waals surface area contributed by atoms with Gasteiger partial charge in [0, 0.05) is 28.7 Å². The molecule has 188 valence electrons. The van der Waals surface area contributed by atoms with Gasteiger partial charge < -0.3 is 25.6 Å². The minimum absolute atomic E-state index is 0.0757. The molecule has 3 N–H and O–H groups in total. The maximum Gasteiger partial charge on any atom is 0.417 e. The lowest BCUT2D eigenvalue weighted by Gasteiger charge is -2.25. The number of aliphatic imine (C=N–C) groups is 1. The van der Waals surface area contributed by atoms with E-state index in [1.807, 2.05) is 0 Å². The van der Waals surface area contributed by atoms with E-state index in [0.29, 0.717) is 28.0 Å². The molecule has 4 aromatic rings. The van der Waals surface area contributed by atoms with Crippen molar-refractivity contribution in [1.82, 2.24) is 4.98 Å². The van der Waals surface area contributed by atoms with Crippen LogP contribution in [0.2, 0.25) is 5.02 Å². The molecule has 0 bridgehead atoms. The Morgan fingerprint density at radius 3 is 2.59 bits per heavy atom. The molecule has 3 aromatic carbocycles. The third-order valence-corrected chi connectivity index (χ3v) is 5.87. The highest BCUT2D eigenvalue weighted by Gasteiger charge is 2.33. The van der Waals surface area contributed by atoms with Crippen LogP contribution in [0.4, 0.5) is 40.8 Å². The number of halogens is 4. The summed E-state index contributed by atoms with van der Waals surface area (Å²) < 4.78 is 45.5. The van der Waals surface area contributed by atoms with Crippen molar-refractivity contribution in [3.63, 3.8) is 0 Å². The zero-order valence-corrected chi connectivity index (χ0v) is 19.5. The van der Waals surface area contributed by atoms with Crippen molar-refractivity contribution in [2.75, 3.05) is 17.2 Å². The molecule has 2 amide bonds. The first-order valence-electron chi connectivity index (χ1n) is 10.9. The third-order valence-electron chi connectivity index (χ3n) is 5.54. The number of amides is 2. The minimum Gasteiger partial charge on any atom is -0.628 e. The van der Waals surface area contributed by atoms with Crippen molar-refractivity contribution >= 4 is 57.5 Å². The number of hydrogen-bond donors (Lipinski definition) is 3. The molecule has 0 radical (unpaired) electrons. The number of aromatic nitrogens is 1. The number of pyridine rings is 1. The van der Waals surface area contributed by atoms with Crippen molar-refractivity contribution < 1.29 is 27.8 Å². The number of nitrogens with one attached hydrogen (secondary N) is 3. The SMILES string of the molecule is O=C(Nc1ccc(Cl)c(C(F)(F)F)c1)Nc1ccc(Oc2ccnc3c2[NH+]([O-])CC=N3)c2ccccc12. The van der Waals surface area contributed by atoms with Crippen LogP contribution in [0, 0.1) is 5.21 Å². The first kappa shape index (κ1) is 24.5. The number of anilines is 2. The smallest absolute Gasteiger partial charge is 0.417 e. The summed E-state index contributed by atoms with van der Waals surface area (Å²) in [7, 11) is 0. The average molecular weight is 528 g/mol. The Bertz CT molecular complexity index is 1540. The van der Waals surface area contributed by atoms with E-state index in [-0.39, 0.29) is 28.8 Å². The van der Waals surface area contributed by atoms with Crippen LogP contribution in [0.5, 0.6) is 11.5 Å². The molecular formula is C25H17ClF3N5O3. The molecule has 1 aliphatic rings. The second kappa shape index (κ2) is 9.69. The number of alkyl halides is 3. The summed E-state index contributed by atoms with van der Waals surface area (Å²) in [5.41, 5.74) is -0.450. The van der Waals surface area contributed by atoms with Gasteiger partial charge in [0.15, 0.2) is 5.75 Å². The Hall–Kier alpha value is -4.19. The van der Waals surface area contributed by atoms with Crippen LogP contribution in [-0.2, 0) is 6.18 Å². The fraction of sp³-hybridized carbons (Fsp3) is 0.0800. The van der Waals surface area contributed by atoms with E-state index >= 15 is 0 Å². The zero-order valence-electron chi connectivity index (χ0n) is 18.8. The van der Waals surface area contributed by atoms with Crippen LogP contribution >= 0.6 is 11.6 Å². The largest absolute Gasteiger partial charge is 0.628 e. The van der Waals surface area contributed by atoms with Gasteiger partial charge in [0.1, 0.15) is 12.3 Å². The molecule has 5 rings (SSSR count). The van der Waals surface area contributed by atoms with Crippen molar-refractivity contribution in [3.05, 3.63) is 82.7 Å². The van der Waals surface area contributed by atoms with Crippen LogP contribution in [0.1, 0.15) is 5.56 Å². The molecule has 0 saturated heterocycles. The number of rotatable bonds is 4. The van der Waals surface area contributed by atoms with Gasteiger partial charge in [-0.25, -0.2) is 14.8 Å². The van der Waals surface area contributed by atoms with Crippen LogP contribution < -0.4 is 20.4 Å². The molecule has 1 unspecified atom stereocenters. The molecular weight excluding hydrogens is 511 g/mol. The van der Waals surface area contributed by atoms with Crippen LogP contribution in [0.25, 0.3) is 10.8 Å². The fourth-order valence-electron chi connectivity index (χ4n) is 3.89. The van der Waals surface area contributed by atoms with Gasteiger partial charge in [-0.15, -0.1) is 0 Å². The number of quaternary nitrogens is 1. The maximum absolute atomic E-state index is 13.1. The Labute approximate surface area is 212 Å². The Balaban J connectivity index is 1.41. The topological polar surface area (TPSA) is 103 Å². The van der Waals surface area contributed by atoms with Gasteiger partial charge in [0.05, 0.1) is 22.5 Å². The monoisotopic (exact) mass is 527 g/mol. The standard InChI is InChI=1S/C25H17ClF3N5O3/c26-18-6-5-14(13-17(18)25(27,28)29)32-24(35)33-19-7-8-20(16-4-2-1-3-15(16)19)37-21-9-10-30-23-22(21)34(36)12-11-31-23/h1-11,13,34H,12H2,(H2,32,33,35). The molecule has 0 saturated carbocycles. The highest BCUT2D eigenvalue weighted by molar-refractivity contribution is 6.31. The number of hydroxylamine groups is 1. The van der Waals surface area contributed by atoms with Gasteiger partial charge in [-0.3, -0.25) is 0 Å². The summed E-state index contributed by atoms with van der Waals surface area (Å²) >= 11 is 5.64. The van der Waals surface area contributed by atoms with E-state index in [1.54, 1.807) is 42.5 Å². The van der Waals surface area contributed by atoms with Gasteiger partial charge in [0.25, 0.3) is 0 Å². The predicted octanol–water partition coefficient (Wildman–Crippen LogP) is 6.07. The van der Waals surface area contributed by atoms with Crippen molar-refractivity contribution in [1.29, 1.82) is 0 Å². The van der Waals surface area contributed by atoms with Gasteiger partial charge in [0.2, 0.25) is 11.5 Å². The summed E-state index contributed by atoms with van der Waals surface area (Å²) in [4.78, 5) is 20.9. The normalized spacial score (nSPS) is 14.8. The first-order chi connectivity index (χ1) is 17.7. The van der Waals surface area contributed by atoms with E-state index in [0.717, 1.165) is 12.1 Å². The van der Waals surface area contributed by atoms with E-state index in [1.165, 1.54) is 18.5 Å². The second-order valence-corrected chi connectivity index (χ2v) is 8.38. The molecule has 1 aliphatic heterocycles. The fourth-order valence-corrected chi connectivity index (χ4v) is 4.11.